The predicted molar refractivity (Wildman–Crippen MR) is 103 cm³/mol. The highest BCUT2D eigenvalue weighted by Gasteiger charge is 2.73. The lowest BCUT2D eigenvalue weighted by Crippen LogP contribution is -2.61. The van der Waals surface area contributed by atoms with Crippen molar-refractivity contribution in [3.8, 4) is 0 Å². The van der Waals surface area contributed by atoms with Crippen molar-refractivity contribution in [3.63, 3.8) is 0 Å². The molecule has 0 amide bonds. The number of ether oxygens (including phenoxy) is 2. The van der Waals surface area contributed by atoms with Gasteiger partial charge >= 0.3 is 5.97 Å². The van der Waals surface area contributed by atoms with Gasteiger partial charge in [0.05, 0.1) is 12.7 Å². The van der Waals surface area contributed by atoms with E-state index in [-0.39, 0.29) is 11.6 Å². The molecule has 0 aromatic heterocycles. The van der Waals surface area contributed by atoms with E-state index in [1.165, 1.54) is 64.2 Å². The molecule has 0 heterocycles. The number of fused-ring (bicyclic) bond motifs is 2. The third kappa shape index (κ3) is 2.52. The van der Waals surface area contributed by atoms with Gasteiger partial charge in [0.2, 0.25) is 0 Å². The summed E-state index contributed by atoms with van der Waals surface area (Å²) < 4.78 is 12.2. The van der Waals surface area contributed by atoms with E-state index in [2.05, 4.69) is 19.1 Å². The Morgan fingerprint density at radius 3 is 2.31 bits per heavy atom. The summed E-state index contributed by atoms with van der Waals surface area (Å²) in [5, 5.41) is 0. The molecular formula is C23H36O3. The van der Waals surface area contributed by atoms with E-state index in [1.807, 2.05) is 0 Å². The number of hydrogen-bond acceptors (Lipinski definition) is 3. The van der Waals surface area contributed by atoms with Gasteiger partial charge in [0.1, 0.15) is 5.41 Å². The summed E-state index contributed by atoms with van der Waals surface area (Å²) in [6.45, 7) is 2.81. The zero-order valence-corrected chi connectivity index (χ0v) is 16.7. The highest BCUT2D eigenvalue weighted by Crippen LogP contribution is 2.68. The van der Waals surface area contributed by atoms with E-state index in [9.17, 15) is 4.79 Å². The minimum atomic E-state index is -0.549. The second kappa shape index (κ2) is 7.30. The molecule has 4 atom stereocenters. The van der Waals surface area contributed by atoms with Crippen LogP contribution in [0.25, 0.3) is 0 Å². The van der Waals surface area contributed by atoms with Crippen LogP contribution in [-0.2, 0) is 14.3 Å². The first-order valence-corrected chi connectivity index (χ1v) is 11.1. The van der Waals surface area contributed by atoms with Crippen LogP contribution in [0.4, 0.5) is 0 Å². The predicted octanol–water partition coefficient (Wildman–Crippen LogP) is 5.29. The van der Waals surface area contributed by atoms with Crippen LogP contribution >= 0.6 is 0 Å². The number of methoxy groups -OCH3 is 1. The topological polar surface area (TPSA) is 35.5 Å². The molecule has 3 fully saturated rings. The lowest BCUT2D eigenvalue weighted by Gasteiger charge is -2.54. The Kier molecular flexibility index (Phi) is 5.20. The van der Waals surface area contributed by atoms with Crippen LogP contribution in [0.15, 0.2) is 12.2 Å². The zero-order valence-electron chi connectivity index (χ0n) is 16.7. The summed E-state index contributed by atoms with van der Waals surface area (Å²) in [7, 11) is 1.56. The van der Waals surface area contributed by atoms with Crippen molar-refractivity contribution in [2.75, 3.05) is 13.7 Å². The lowest BCUT2D eigenvalue weighted by molar-refractivity contribution is -0.202. The van der Waals surface area contributed by atoms with E-state index in [0.29, 0.717) is 30.3 Å². The average Bonchev–Trinajstić information content (AvgIpc) is 3.25. The van der Waals surface area contributed by atoms with Crippen molar-refractivity contribution in [3.05, 3.63) is 12.2 Å². The lowest BCUT2D eigenvalue weighted by atomic mass is 9.56. The van der Waals surface area contributed by atoms with Crippen molar-refractivity contribution in [1.29, 1.82) is 0 Å². The number of carbonyl (C=O) groups is 1. The molecule has 3 nitrogen and oxygen atoms in total. The first kappa shape index (κ1) is 18.5. The molecule has 0 aromatic carbocycles. The van der Waals surface area contributed by atoms with Crippen LogP contribution < -0.4 is 0 Å². The largest absolute Gasteiger partial charge is 0.468 e. The second-order valence-electron chi connectivity index (χ2n) is 9.17. The number of rotatable bonds is 5. The van der Waals surface area contributed by atoms with Gasteiger partial charge in [-0.05, 0) is 49.9 Å². The van der Waals surface area contributed by atoms with Gasteiger partial charge in [-0.2, -0.15) is 0 Å². The first-order chi connectivity index (χ1) is 12.7. The van der Waals surface area contributed by atoms with E-state index >= 15 is 0 Å². The smallest absolute Gasteiger partial charge is 0.318 e. The Hall–Kier alpha value is -0.830. The maximum absolute atomic E-state index is 13.2. The van der Waals surface area contributed by atoms with Gasteiger partial charge in [-0.25, -0.2) is 0 Å². The molecule has 4 aliphatic carbocycles. The Morgan fingerprint density at radius 1 is 1.04 bits per heavy atom. The van der Waals surface area contributed by atoms with E-state index < -0.39 is 5.41 Å². The number of hydrogen-bond donors (Lipinski definition) is 0. The molecule has 4 aliphatic rings. The fourth-order valence-corrected chi connectivity index (χ4v) is 7.38. The Labute approximate surface area is 158 Å². The van der Waals surface area contributed by atoms with Gasteiger partial charge in [-0.15, -0.1) is 0 Å². The van der Waals surface area contributed by atoms with E-state index in [4.69, 9.17) is 9.47 Å². The summed E-state index contributed by atoms with van der Waals surface area (Å²) in [6, 6.07) is 0. The molecule has 0 saturated heterocycles. The number of esters is 1. The van der Waals surface area contributed by atoms with Crippen LogP contribution in [-0.4, -0.2) is 25.3 Å². The van der Waals surface area contributed by atoms with Gasteiger partial charge in [0.25, 0.3) is 0 Å². The summed E-state index contributed by atoms with van der Waals surface area (Å²) in [6.07, 6.45) is 18.5. The van der Waals surface area contributed by atoms with Crippen molar-refractivity contribution >= 4 is 5.97 Å². The maximum Gasteiger partial charge on any atom is 0.318 e. The van der Waals surface area contributed by atoms with Crippen LogP contribution in [0.5, 0.6) is 0 Å². The SMILES string of the molecule is CCOC1(C2CCCCC2)C(C2CCCCC2)C2C=CC1(C(=O)OC)C2. The van der Waals surface area contributed by atoms with Gasteiger partial charge in [0.15, 0.2) is 0 Å². The maximum atomic E-state index is 13.2. The quantitative estimate of drug-likeness (QED) is 0.494. The number of carbonyl (C=O) groups excluding carboxylic acids is 1. The molecule has 146 valence electrons. The molecule has 0 N–H and O–H groups in total. The minimum Gasteiger partial charge on any atom is -0.468 e. The third-order valence-corrected chi connectivity index (χ3v) is 8.14. The molecule has 0 aromatic rings. The normalized spacial score (nSPS) is 40.8. The molecule has 4 unspecified atom stereocenters. The zero-order chi connectivity index (χ0) is 18.2. The fourth-order valence-electron chi connectivity index (χ4n) is 7.38. The standard InChI is InChI=1S/C23H36O3/c1-3-26-23(19-12-8-5-9-13-19)20(17-10-6-4-7-11-17)18-14-15-22(23,16-18)21(24)25-2/h14-15,17-20H,3-13,16H2,1-2H3. The summed E-state index contributed by atoms with van der Waals surface area (Å²) >= 11 is 0. The van der Waals surface area contributed by atoms with Crippen molar-refractivity contribution in [1.82, 2.24) is 0 Å². The van der Waals surface area contributed by atoms with Crippen molar-refractivity contribution in [2.24, 2.45) is 29.1 Å². The fraction of sp³-hybridized carbons (Fsp3) is 0.870. The van der Waals surface area contributed by atoms with Crippen LogP contribution in [0.2, 0.25) is 0 Å². The Balaban J connectivity index is 1.81. The van der Waals surface area contributed by atoms with Crippen LogP contribution in [0.3, 0.4) is 0 Å². The molecule has 3 saturated carbocycles. The summed E-state index contributed by atoms with van der Waals surface area (Å²) in [4.78, 5) is 13.2. The third-order valence-electron chi connectivity index (χ3n) is 8.14. The molecule has 4 rings (SSSR count). The summed E-state index contributed by atoms with van der Waals surface area (Å²) in [5.74, 6) is 2.14. The first-order valence-electron chi connectivity index (χ1n) is 11.1. The molecule has 0 spiro atoms. The van der Waals surface area contributed by atoms with Gasteiger partial charge < -0.3 is 9.47 Å². The van der Waals surface area contributed by atoms with Crippen LogP contribution in [0.1, 0.15) is 77.6 Å². The monoisotopic (exact) mass is 360 g/mol. The molecule has 2 bridgehead atoms. The molecule has 0 aliphatic heterocycles. The number of allylic oxidation sites excluding steroid dienone is 1. The summed E-state index contributed by atoms with van der Waals surface area (Å²) in [5.41, 5.74) is -0.886. The molecule has 3 heteroatoms. The highest BCUT2D eigenvalue weighted by atomic mass is 16.5. The van der Waals surface area contributed by atoms with Gasteiger partial charge in [-0.1, -0.05) is 63.5 Å². The average molecular weight is 361 g/mol. The van der Waals surface area contributed by atoms with Crippen molar-refractivity contribution < 1.29 is 14.3 Å². The Bertz CT molecular complexity index is 544. The minimum absolute atomic E-state index is 0.0476. The van der Waals surface area contributed by atoms with E-state index in [0.717, 1.165) is 6.42 Å². The Morgan fingerprint density at radius 2 is 1.69 bits per heavy atom. The van der Waals surface area contributed by atoms with E-state index in [1.54, 1.807) is 7.11 Å². The van der Waals surface area contributed by atoms with Gasteiger partial charge in [0, 0.05) is 6.61 Å². The molecular weight excluding hydrogens is 324 g/mol. The highest BCUT2D eigenvalue weighted by molar-refractivity contribution is 5.83. The second-order valence-corrected chi connectivity index (χ2v) is 9.17. The molecule has 0 radical (unpaired) electrons. The van der Waals surface area contributed by atoms with Crippen molar-refractivity contribution in [2.45, 2.75) is 83.2 Å². The molecule has 26 heavy (non-hydrogen) atoms. The van der Waals surface area contributed by atoms with Crippen LogP contribution in [0, 0.1) is 29.1 Å². The van der Waals surface area contributed by atoms with Gasteiger partial charge in [-0.3, -0.25) is 4.79 Å².